The second-order valence-electron chi connectivity index (χ2n) is 6.08. The Hall–Kier alpha value is -3.17. The number of aromatic carboxylic acids is 1. The van der Waals surface area contributed by atoms with Crippen molar-refractivity contribution in [2.75, 3.05) is 5.73 Å². The zero-order valence-corrected chi connectivity index (χ0v) is 17.5. The first-order valence-corrected chi connectivity index (χ1v) is 9.99. The molecule has 0 spiro atoms. The molecule has 0 aliphatic rings. The van der Waals surface area contributed by atoms with Crippen molar-refractivity contribution in [1.82, 2.24) is 5.43 Å². The van der Waals surface area contributed by atoms with Gasteiger partial charge in [-0.1, -0.05) is 28.1 Å². The van der Waals surface area contributed by atoms with Crippen molar-refractivity contribution >= 4 is 50.5 Å². The quantitative estimate of drug-likeness (QED) is 0.249. The monoisotopic (exact) mass is 473 g/mol. The molecule has 7 nitrogen and oxygen atoms in total. The van der Waals surface area contributed by atoms with Crippen LogP contribution in [0.3, 0.4) is 0 Å². The normalized spacial score (nSPS) is 11.3. The maximum atomic E-state index is 12.3. The molecule has 0 fully saturated rings. The average Bonchev–Trinajstić information content (AvgIpc) is 3.07. The van der Waals surface area contributed by atoms with E-state index in [1.165, 1.54) is 29.5 Å². The molecule has 29 heavy (non-hydrogen) atoms. The van der Waals surface area contributed by atoms with Gasteiger partial charge in [-0.3, -0.25) is 4.79 Å². The number of nitrogens with one attached hydrogen (secondary N) is 1. The fraction of sp³-hybridized carbons (Fsp3) is 0.0500. The summed E-state index contributed by atoms with van der Waals surface area (Å²) in [6, 6.07) is 11.4. The van der Waals surface area contributed by atoms with Crippen molar-refractivity contribution in [3.8, 4) is 16.2 Å². The summed E-state index contributed by atoms with van der Waals surface area (Å²) in [5.74, 6) is -1.63. The number of anilines is 1. The van der Waals surface area contributed by atoms with E-state index in [0.717, 1.165) is 10.0 Å². The van der Waals surface area contributed by atoms with Crippen LogP contribution in [0.2, 0.25) is 0 Å². The summed E-state index contributed by atoms with van der Waals surface area (Å²) >= 11 is 4.74. The topological polar surface area (TPSA) is 125 Å². The number of carbonyl (C=O) groups is 2. The molecule has 148 valence electrons. The predicted octanol–water partition coefficient (Wildman–Crippen LogP) is 4.32. The number of carboxylic acids is 1. The summed E-state index contributed by atoms with van der Waals surface area (Å²) in [6.45, 7) is 1.66. The Balaban J connectivity index is 1.79. The highest BCUT2D eigenvalue weighted by Crippen LogP contribution is 2.39. The van der Waals surface area contributed by atoms with Gasteiger partial charge >= 0.3 is 5.97 Å². The third kappa shape index (κ3) is 4.47. The van der Waals surface area contributed by atoms with Gasteiger partial charge in [0.15, 0.2) is 0 Å². The van der Waals surface area contributed by atoms with E-state index in [0.29, 0.717) is 16.2 Å². The molecule has 5 N–H and O–H groups in total. The van der Waals surface area contributed by atoms with Crippen LogP contribution in [0.4, 0.5) is 5.69 Å². The number of rotatable bonds is 5. The number of benzene rings is 2. The first kappa shape index (κ1) is 20.6. The lowest BCUT2D eigenvalue weighted by molar-refractivity contribution is 0.0696. The van der Waals surface area contributed by atoms with E-state index in [9.17, 15) is 14.7 Å². The van der Waals surface area contributed by atoms with E-state index in [1.807, 2.05) is 24.3 Å². The summed E-state index contributed by atoms with van der Waals surface area (Å²) in [7, 11) is 0. The van der Waals surface area contributed by atoms with E-state index in [1.54, 1.807) is 12.3 Å². The second kappa shape index (κ2) is 8.46. The molecule has 9 heteroatoms. The number of hydrogen-bond donors (Lipinski definition) is 4. The van der Waals surface area contributed by atoms with Crippen LogP contribution in [0.1, 0.15) is 33.2 Å². The number of carboxylic acid groups (broad SMARTS) is 1. The molecule has 2 aromatic carbocycles. The zero-order chi connectivity index (χ0) is 21.1. The van der Waals surface area contributed by atoms with Gasteiger partial charge in [0, 0.05) is 15.5 Å². The summed E-state index contributed by atoms with van der Waals surface area (Å²) in [4.78, 5) is 24.0. The lowest BCUT2D eigenvalue weighted by Gasteiger charge is -2.06. The van der Waals surface area contributed by atoms with Crippen molar-refractivity contribution in [2.45, 2.75) is 6.92 Å². The van der Waals surface area contributed by atoms with E-state index in [2.05, 4.69) is 26.5 Å². The van der Waals surface area contributed by atoms with Gasteiger partial charge in [-0.05, 0) is 42.8 Å². The standard InChI is InChI=1S/C20H16BrN3O4S/c1-10(15-9-29-18(17(15)25)11-2-5-13(21)6-3-11)23-24-19(26)14-7-4-12(20(27)28)8-16(14)22/h2-9,25H,22H2,1H3,(H,24,26)(H,27,28)/b23-10+. The van der Waals surface area contributed by atoms with Crippen molar-refractivity contribution in [1.29, 1.82) is 0 Å². The van der Waals surface area contributed by atoms with Crippen LogP contribution in [0.15, 0.2) is 57.4 Å². The molecule has 0 bridgehead atoms. The maximum Gasteiger partial charge on any atom is 0.335 e. The Kier molecular flexibility index (Phi) is 6.00. The van der Waals surface area contributed by atoms with Gasteiger partial charge in [-0.2, -0.15) is 5.10 Å². The lowest BCUT2D eigenvalue weighted by Crippen LogP contribution is -2.20. The summed E-state index contributed by atoms with van der Waals surface area (Å²) in [5.41, 5.74) is 10.1. The number of thiophene rings is 1. The molecule has 3 aromatic rings. The minimum absolute atomic E-state index is 0.0117. The summed E-state index contributed by atoms with van der Waals surface area (Å²) in [5, 5.41) is 25.3. The minimum atomic E-state index is -1.13. The van der Waals surface area contributed by atoms with Gasteiger partial charge in [0.25, 0.3) is 5.91 Å². The Morgan fingerprint density at radius 1 is 1.14 bits per heavy atom. The molecule has 1 amide bonds. The van der Waals surface area contributed by atoms with Gasteiger partial charge in [0.2, 0.25) is 0 Å². The molecule has 1 aromatic heterocycles. The number of hydrogen-bond acceptors (Lipinski definition) is 6. The molecule has 1 heterocycles. The fourth-order valence-corrected chi connectivity index (χ4v) is 3.85. The first-order valence-electron chi connectivity index (χ1n) is 8.32. The van der Waals surface area contributed by atoms with Crippen molar-refractivity contribution in [3.05, 3.63) is 69.0 Å². The summed E-state index contributed by atoms with van der Waals surface area (Å²) < 4.78 is 0.939. The number of aromatic hydroxyl groups is 1. The Morgan fingerprint density at radius 2 is 1.83 bits per heavy atom. The molecular weight excluding hydrogens is 458 g/mol. The molecule has 0 saturated heterocycles. The van der Waals surface area contributed by atoms with Gasteiger partial charge in [-0.25, -0.2) is 10.2 Å². The van der Waals surface area contributed by atoms with Crippen LogP contribution in [0, 0.1) is 0 Å². The minimum Gasteiger partial charge on any atom is -0.506 e. The highest BCUT2D eigenvalue weighted by Gasteiger charge is 2.16. The number of amides is 1. The van der Waals surface area contributed by atoms with Crippen LogP contribution in [0.5, 0.6) is 5.75 Å². The van der Waals surface area contributed by atoms with E-state index >= 15 is 0 Å². The van der Waals surface area contributed by atoms with Crippen LogP contribution >= 0.6 is 27.3 Å². The summed E-state index contributed by atoms with van der Waals surface area (Å²) in [6.07, 6.45) is 0. The maximum absolute atomic E-state index is 12.3. The highest BCUT2D eigenvalue weighted by molar-refractivity contribution is 9.10. The molecular formula is C20H16BrN3O4S. The van der Waals surface area contributed by atoms with Crippen molar-refractivity contribution < 1.29 is 19.8 Å². The third-order valence-corrected chi connectivity index (χ3v) is 5.68. The number of nitrogen functional groups attached to an aromatic ring is 1. The van der Waals surface area contributed by atoms with Gasteiger partial charge in [0.05, 0.1) is 27.3 Å². The highest BCUT2D eigenvalue weighted by atomic mass is 79.9. The first-order chi connectivity index (χ1) is 13.8. The molecule has 0 aliphatic heterocycles. The molecule has 0 saturated carbocycles. The third-order valence-electron chi connectivity index (χ3n) is 4.13. The number of nitrogens with two attached hydrogens (primary N) is 1. The smallest absolute Gasteiger partial charge is 0.335 e. The van der Waals surface area contributed by atoms with E-state index in [-0.39, 0.29) is 22.6 Å². The predicted molar refractivity (Wildman–Crippen MR) is 117 cm³/mol. The van der Waals surface area contributed by atoms with E-state index < -0.39 is 11.9 Å². The molecule has 0 unspecified atom stereocenters. The number of carbonyl (C=O) groups excluding carboxylic acids is 1. The number of hydrazone groups is 1. The molecule has 0 aliphatic carbocycles. The Morgan fingerprint density at radius 3 is 2.45 bits per heavy atom. The van der Waals surface area contributed by atoms with Crippen LogP contribution in [0.25, 0.3) is 10.4 Å². The Labute approximate surface area is 178 Å². The van der Waals surface area contributed by atoms with Crippen LogP contribution in [-0.2, 0) is 0 Å². The SMILES string of the molecule is C/C(=N\NC(=O)c1ccc(C(=O)O)cc1N)c1csc(-c2ccc(Br)cc2)c1O. The average molecular weight is 474 g/mol. The Bertz CT molecular complexity index is 1120. The van der Waals surface area contributed by atoms with Gasteiger partial charge < -0.3 is 15.9 Å². The largest absolute Gasteiger partial charge is 0.506 e. The molecule has 3 rings (SSSR count). The zero-order valence-electron chi connectivity index (χ0n) is 15.1. The second-order valence-corrected chi connectivity index (χ2v) is 7.87. The number of nitrogens with zero attached hydrogens (tertiary/aromatic N) is 1. The van der Waals surface area contributed by atoms with Crippen LogP contribution in [-0.4, -0.2) is 27.8 Å². The van der Waals surface area contributed by atoms with Crippen molar-refractivity contribution in [3.63, 3.8) is 0 Å². The van der Waals surface area contributed by atoms with Gasteiger partial charge in [0.1, 0.15) is 5.75 Å². The van der Waals surface area contributed by atoms with Gasteiger partial charge in [-0.15, -0.1) is 11.3 Å². The van der Waals surface area contributed by atoms with Crippen LogP contribution < -0.4 is 11.2 Å². The molecule has 0 radical (unpaired) electrons. The van der Waals surface area contributed by atoms with E-state index in [4.69, 9.17) is 10.8 Å². The fourth-order valence-electron chi connectivity index (χ4n) is 2.57. The molecule has 0 atom stereocenters. The van der Waals surface area contributed by atoms with Crippen molar-refractivity contribution in [2.24, 2.45) is 5.10 Å². The lowest BCUT2D eigenvalue weighted by atomic mass is 10.1. The number of halogens is 1.